The van der Waals surface area contributed by atoms with Crippen molar-refractivity contribution < 1.29 is 18.8 Å². The molecule has 2 aromatic carbocycles. The van der Waals surface area contributed by atoms with E-state index in [0.717, 1.165) is 16.7 Å². The number of furan rings is 1. The highest BCUT2D eigenvalue weighted by atomic mass is 35.5. The van der Waals surface area contributed by atoms with Crippen LogP contribution in [0.2, 0.25) is 15.1 Å². The van der Waals surface area contributed by atoms with Gasteiger partial charge in [0.2, 0.25) is 5.91 Å². The topological polar surface area (TPSA) is 79.6 Å². The summed E-state index contributed by atoms with van der Waals surface area (Å²) in [5.74, 6) is -0.254. The summed E-state index contributed by atoms with van der Waals surface area (Å²) in [6.07, 6.45) is 1.45. The van der Waals surface area contributed by atoms with Gasteiger partial charge in [0.05, 0.1) is 9.93 Å². The maximum atomic E-state index is 12.7. The number of halogens is 3. The number of nitrogens with zero attached hydrogens (tertiary/aromatic N) is 1. The predicted molar refractivity (Wildman–Crippen MR) is 127 cm³/mol. The average molecular weight is 508 g/mol. The van der Waals surface area contributed by atoms with Crippen molar-refractivity contribution in [2.75, 3.05) is 11.9 Å². The standard InChI is InChI=1S/C22H13Cl3N2O4S/c23-12-2-1-3-14(8-12)26-20(28)11-27-21(29)19(32-22(27)30)10-15-5-7-18(31-15)16-6-4-13(24)9-17(16)25/h1-10H,11H2,(H,26,28)/b19-10+. The second kappa shape index (κ2) is 9.42. The number of anilines is 1. The molecule has 0 aliphatic carbocycles. The summed E-state index contributed by atoms with van der Waals surface area (Å²) < 4.78 is 5.75. The summed E-state index contributed by atoms with van der Waals surface area (Å²) in [6.45, 7) is -0.418. The van der Waals surface area contributed by atoms with Crippen LogP contribution in [0.15, 0.2) is 63.9 Å². The Kier molecular flexibility index (Phi) is 6.62. The summed E-state index contributed by atoms with van der Waals surface area (Å²) in [6, 6.07) is 14.9. The van der Waals surface area contributed by atoms with Gasteiger partial charge in [0.1, 0.15) is 18.1 Å². The highest BCUT2D eigenvalue weighted by Crippen LogP contribution is 2.35. The van der Waals surface area contributed by atoms with Gasteiger partial charge in [0.15, 0.2) is 0 Å². The quantitative estimate of drug-likeness (QED) is 0.395. The zero-order valence-corrected chi connectivity index (χ0v) is 19.2. The monoisotopic (exact) mass is 506 g/mol. The Bertz CT molecular complexity index is 1270. The number of carbonyl (C=O) groups excluding carboxylic acids is 3. The molecule has 1 saturated heterocycles. The number of benzene rings is 2. The molecule has 4 rings (SSSR count). The fourth-order valence-electron chi connectivity index (χ4n) is 2.94. The van der Waals surface area contributed by atoms with Crippen LogP contribution in [-0.2, 0) is 9.59 Å². The largest absolute Gasteiger partial charge is 0.457 e. The van der Waals surface area contributed by atoms with Crippen LogP contribution in [0.3, 0.4) is 0 Å². The van der Waals surface area contributed by atoms with Gasteiger partial charge < -0.3 is 9.73 Å². The van der Waals surface area contributed by atoms with Gasteiger partial charge in [-0.15, -0.1) is 0 Å². The van der Waals surface area contributed by atoms with Crippen LogP contribution in [0.25, 0.3) is 17.4 Å². The Morgan fingerprint density at radius 2 is 1.81 bits per heavy atom. The van der Waals surface area contributed by atoms with Crippen molar-refractivity contribution in [3.8, 4) is 11.3 Å². The van der Waals surface area contributed by atoms with Gasteiger partial charge in [0, 0.05) is 27.4 Å². The van der Waals surface area contributed by atoms with Crippen molar-refractivity contribution in [2.45, 2.75) is 0 Å². The number of nitrogens with one attached hydrogen (secondary N) is 1. The van der Waals surface area contributed by atoms with Crippen LogP contribution in [-0.4, -0.2) is 28.5 Å². The number of imide groups is 1. The Labute approximate surface area is 202 Å². The van der Waals surface area contributed by atoms with Crippen LogP contribution in [0.4, 0.5) is 10.5 Å². The SMILES string of the molecule is O=C(CN1C(=O)S/C(=C/c2ccc(-c3ccc(Cl)cc3Cl)o2)C1=O)Nc1cccc(Cl)c1. The lowest BCUT2D eigenvalue weighted by Gasteiger charge is -2.12. The van der Waals surface area contributed by atoms with Gasteiger partial charge in [0.25, 0.3) is 11.1 Å². The van der Waals surface area contributed by atoms with Crippen LogP contribution in [0.5, 0.6) is 0 Å². The van der Waals surface area contributed by atoms with E-state index >= 15 is 0 Å². The maximum absolute atomic E-state index is 12.7. The van der Waals surface area contributed by atoms with Gasteiger partial charge >= 0.3 is 0 Å². The number of hydrogen-bond acceptors (Lipinski definition) is 5. The number of amides is 3. The van der Waals surface area contributed by atoms with Crippen molar-refractivity contribution in [3.63, 3.8) is 0 Å². The molecule has 1 aromatic heterocycles. The summed E-state index contributed by atoms with van der Waals surface area (Å²) in [5, 5.41) is 3.43. The molecule has 0 spiro atoms. The smallest absolute Gasteiger partial charge is 0.294 e. The van der Waals surface area contributed by atoms with E-state index in [0.29, 0.717) is 37.8 Å². The Morgan fingerprint density at radius 1 is 1.03 bits per heavy atom. The first kappa shape index (κ1) is 22.5. The lowest BCUT2D eigenvalue weighted by Crippen LogP contribution is -2.36. The molecule has 1 aliphatic heterocycles. The van der Waals surface area contributed by atoms with Crippen LogP contribution in [0.1, 0.15) is 5.76 Å². The first-order valence-corrected chi connectivity index (χ1v) is 11.1. The van der Waals surface area contributed by atoms with E-state index in [9.17, 15) is 14.4 Å². The van der Waals surface area contributed by atoms with Crippen molar-refractivity contribution in [1.82, 2.24) is 4.90 Å². The molecule has 10 heteroatoms. The van der Waals surface area contributed by atoms with Crippen LogP contribution in [0, 0.1) is 0 Å². The first-order valence-electron chi connectivity index (χ1n) is 9.16. The van der Waals surface area contributed by atoms with Gasteiger partial charge in [-0.2, -0.15) is 0 Å². The van der Waals surface area contributed by atoms with E-state index in [1.807, 2.05) is 0 Å². The fourth-order valence-corrected chi connectivity index (χ4v) is 4.45. The third-order valence-electron chi connectivity index (χ3n) is 4.38. The molecule has 0 unspecified atom stereocenters. The molecule has 3 aromatic rings. The molecular weight excluding hydrogens is 495 g/mol. The molecular formula is C22H13Cl3N2O4S. The summed E-state index contributed by atoms with van der Waals surface area (Å²) >= 11 is 18.8. The molecule has 2 heterocycles. The predicted octanol–water partition coefficient (Wildman–Crippen LogP) is 6.58. The highest BCUT2D eigenvalue weighted by molar-refractivity contribution is 8.18. The molecule has 162 valence electrons. The molecule has 0 radical (unpaired) electrons. The second-order valence-corrected chi connectivity index (χ2v) is 8.93. The Morgan fingerprint density at radius 3 is 2.56 bits per heavy atom. The van der Waals surface area contributed by atoms with Crippen molar-refractivity contribution in [3.05, 3.63) is 80.3 Å². The molecule has 1 N–H and O–H groups in total. The minimum absolute atomic E-state index is 0.147. The van der Waals surface area contributed by atoms with E-state index < -0.39 is 23.6 Å². The number of carbonyl (C=O) groups is 3. The van der Waals surface area contributed by atoms with Crippen LogP contribution >= 0.6 is 46.6 Å². The van der Waals surface area contributed by atoms with E-state index in [1.165, 1.54) is 6.08 Å². The molecule has 1 aliphatic rings. The molecule has 3 amide bonds. The molecule has 6 nitrogen and oxygen atoms in total. The van der Waals surface area contributed by atoms with Crippen molar-refractivity contribution in [2.24, 2.45) is 0 Å². The average Bonchev–Trinajstić information content (AvgIpc) is 3.28. The summed E-state index contributed by atoms with van der Waals surface area (Å²) in [4.78, 5) is 38.3. The zero-order valence-electron chi connectivity index (χ0n) is 16.1. The zero-order chi connectivity index (χ0) is 22.8. The highest BCUT2D eigenvalue weighted by Gasteiger charge is 2.36. The normalized spacial score (nSPS) is 15.0. The van der Waals surface area contributed by atoms with E-state index in [2.05, 4.69) is 5.32 Å². The van der Waals surface area contributed by atoms with Crippen molar-refractivity contribution >= 4 is 75.4 Å². The number of rotatable bonds is 5. The second-order valence-electron chi connectivity index (χ2n) is 6.65. The van der Waals surface area contributed by atoms with Gasteiger partial charge in [-0.25, -0.2) is 0 Å². The van der Waals surface area contributed by atoms with Gasteiger partial charge in [-0.05, 0) is 60.3 Å². The number of thioether (sulfide) groups is 1. The lowest BCUT2D eigenvalue weighted by molar-refractivity contribution is -0.127. The molecule has 0 atom stereocenters. The van der Waals surface area contributed by atoms with E-state index in [1.54, 1.807) is 54.6 Å². The third kappa shape index (κ3) is 5.02. The van der Waals surface area contributed by atoms with E-state index in [4.69, 9.17) is 39.2 Å². The molecule has 0 bridgehead atoms. The molecule has 32 heavy (non-hydrogen) atoms. The van der Waals surface area contributed by atoms with E-state index in [-0.39, 0.29) is 4.91 Å². The first-order chi connectivity index (χ1) is 15.3. The minimum Gasteiger partial charge on any atom is -0.457 e. The molecule has 0 saturated carbocycles. The Balaban J connectivity index is 1.46. The Hall–Kier alpha value is -2.71. The van der Waals surface area contributed by atoms with Crippen LogP contribution < -0.4 is 5.32 Å². The molecule has 1 fully saturated rings. The summed E-state index contributed by atoms with van der Waals surface area (Å²) in [5.41, 5.74) is 1.11. The minimum atomic E-state index is -0.580. The number of hydrogen-bond donors (Lipinski definition) is 1. The van der Waals surface area contributed by atoms with Gasteiger partial charge in [-0.1, -0.05) is 40.9 Å². The van der Waals surface area contributed by atoms with Crippen molar-refractivity contribution in [1.29, 1.82) is 0 Å². The van der Waals surface area contributed by atoms with Gasteiger partial charge in [-0.3, -0.25) is 19.3 Å². The lowest BCUT2D eigenvalue weighted by atomic mass is 10.2. The fraction of sp³-hybridized carbons (Fsp3) is 0.0455. The maximum Gasteiger partial charge on any atom is 0.294 e. The third-order valence-corrected chi connectivity index (χ3v) is 6.07. The summed E-state index contributed by atoms with van der Waals surface area (Å²) in [7, 11) is 0.